The summed E-state index contributed by atoms with van der Waals surface area (Å²) in [4.78, 5) is 28.8. The lowest BCUT2D eigenvalue weighted by atomic mass is 9.99. The van der Waals surface area contributed by atoms with Gasteiger partial charge in [0.25, 0.3) is 5.91 Å². The van der Waals surface area contributed by atoms with Crippen molar-refractivity contribution in [3.63, 3.8) is 0 Å². The van der Waals surface area contributed by atoms with Crippen LogP contribution in [-0.4, -0.2) is 59.2 Å². The van der Waals surface area contributed by atoms with Crippen molar-refractivity contribution in [2.45, 2.75) is 25.1 Å². The first-order valence-electron chi connectivity index (χ1n) is 12.3. The van der Waals surface area contributed by atoms with Crippen LogP contribution >= 0.6 is 0 Å². The quantitative estimate of drug-likeness (QED) is 0.518. The van der Waals surface area contributed by atoms with Crippen LogP contribution < -0.4 is 15.0 Å². The highest BCUT2D eigenvalue weighted by molar-refractivity contribution is 5.95. The first-order chi connectivity index (χ1) is 18.3. The molecular weight excluding hydrogens is 499 g/mol. The molecule has 2 amide bonds. The Bertz CT molecular complexity index is 1270. The lowest BCUT2D eigenvalue weighted by molar-refractivity contribution is -0.137. The SMILES string of the molecule is O=C(Nc1ccc(OC2CCN(C(=O)c3cccc(C(F)(F)F)c3)CC2)cc1)C1CN(c2cccnn2)C1. The lowest BCUT2D eigenvalue weighted by Crippen LogP contribution is -2.52. The minimum Gasteiger partial charge on any atom is -0.490 e. The van der Waals surface area contributed by atoms with Crippen molar-refractivity contribution in [1.29, 1.82) is 0 Å². The van der Waals surface area contributed by atoms with E-state index in [0.29, 0.717) is 50.5 Å². The molecular formula is C27H26F3N5O3. The van der Waals surface area contributed by atoms with Gasteiger partial charge in [0.2, 0.25) is 5.91 Å². The van der Waals surface area contributed by atoms with Crippen molar-refractivity contribution >= 4 is 23.3 Å². The molecule has 1 N–H and O–H groups in total. The number of likely N-dealkylation sites (tertiary alicyclic amines) is 1. The Morgan fingerprint density at radius 1 is 0.974 bits per heavy atom. The molecule has 3 aromatic rings. The monoisotopic (exact) mass is 525 g/mol. The largest absolute Gasteiger partial charge is 0.490 e. The second-order valence-electron chi connectivity index (χ2n) is 9.39. The van der Waals surface area contributed by atoms with Gasteiger partial charge in [-0.1, -0.05) is 6.07 Å². The number of anilines is 2. The van der Waals surface area contributed by atoms with E-state index in [1.54, 1.807) is 35.4 Å². The van der Waals surface area contributed by atoms with E-state index < -0.39 is 17.6 Å². The molecule has 38 heavy (non-hydrogen) atoms. The van der Waals surface area contributed by atoms with Gasteiger partial charge in [0, 0.05) is 56.5 Å². The Labute approximate surface area is 217 Å². The highest BCUT2D eigenvalue weighted by atomic mass is 19.4. The lowest BCUT2D eigenvalue weighted by Gasteiger charge is -2.38. The predicted molar refractivity (Wildman–Crippen MR) is 134 cm³/mol. The molecule has 0 aliphatic carbocycles. The molecule has 0 bridgehead atoms. The fourth-order valence-electron chi connectivity index (χ4n) is 4.54. The van der Waals surface area contributed by atoms with Crippen molar-refractivity contribution in [1.82, 2.24) is 15.1 Å². The van der Waals surface area contributed by atoms with Gasteiger partial charge < -0.3 is 19.9 Å². The summed E-state index contributed by atoms with van der Waals surface area (Å²) in [7, 11) is 0. The standard InChI is InChI=1S/C27H26F3N5O3/c28-27(29,30)20-4-1-3-18(15-20)26(37)34-13-10-23(11-14-34)38-22-8-6-21(7-9-22)32-25(36)19-16-35(17-19)24-5-2-12-31-33-24/h1-9,12,15,19,23H,10-11,13-14,16-17H2,(H,32,36). The molecule has 2 aliphatic heterocycles. The van der Waals surface area contributed by atoms with Crippen LogP contribution in [0.4, 0.5) is 24.7 Å². The van der Waals surface area contributed by atoms with Gasteiger partial charge in [0.05, 0.1) is 11.5 Å². The van der Waals surface area contributed by atoms with Gasteiger partial charge in [-0.2, -0.15) is 18.3 Å². The van der Waals surface area contributed by atoms with Crippen LogP contribution in [0, 0.1) is 5.92 Å². The maximum absolute atomic E-state index is 13.0. The summed E-state index contributed by atoms with van der Waals surface area (Å²) in [5, 5.41) is 10.8. The van der Waals surface area contributed by atoms with E-state index in [0.717, 1.165) is 18.0 Å². The van der Waals surface area contributed by atoms with Gasteiger partial charge in [-0.3, -0.25) is 9.59 Å². The minimum atomic E-state index is -4.49. The molecule has 2 saturated heterocycles. The highest BCUT2D eigenvalue weighted by Gasteiger charge is 2.34. The molecule has 2 aromatic carbocycles. The van der Waals surface area contributed by atoms with E-state index in [9.17, 15) is 22.8 Å². The number of carbonyl (C=O) groups excluding carboxylic acids is 2. The first kappa shape index (κ1) is 25.5. The number of benzene rings is 2. The zero-order valence-electron chi connectivity index (χ0n) is 20.4. The molecule has 3 heterocycles. The van der Waals surface area contributed by atoms with Crippen LogP contribution in [0.5, 0.6) is 5.75 Å². The average molecular weight is 526 g/mol. The average Bonchev–Trinajstić information content (AvgIpc) is 2.89. The molecule has 198 valence electrons. The fourth-order valence-corrected chi connectivity index (χ4v) is 4.54. The Balaban J connectivity index is 1.07. The van der Waals surface area contributed by atoms with Crippen molar-refractivity contribution < 1.29 is 27.5 Å². The summed E-state index contributed by atoms with van der Waals surface area (Å²) >= 11 is 0. The van der Waals surface area contributed by atoms with Crippen molar-refractivity contribution in [2.24, 2.45) is 5.92 Å². The molecule has 0 atom stereocenters. The summed E-state index contributed by atoms with van der Waals surface area (Å²) < 4.78 is 45.0. The predicted octanol–water partition coefficient (Wildman–Crippen LogP) is 4.25. The Kier molecular flexibility index (Phi) is 7.17. The van der Waals surface area contributed by atoms with Gasteiger partial charge in [0.15, 0.2) is 5.82 Å². The number of piperidine rings is 1. The van der Waals surface area contributed by atoms with E-state index in [1.165, 1.54) is 12.1 Å². The topological polar surface area (TPSA) is 87.7 Å². The Morgan fingerprint density at radius 2 is 1.71 bits per heavy atom. The summed E-state index contributed by atoms with van der Waals surface area (Å²) in [6.07, 6.45) is -1.88. The van der Waals surface area contributed by atoms with E-state index in [-0.39, 0.29) is 23.5 Å². The fraction of sp³-hybridized carbons (Fsp3) is 0.333. The number of aromatic nitrogens is 2. The molecule has 0 saturated carbocycles. The molecule has 0 radical (unpaired) electrons. The molecule has 1 aromatic heterocycles. The van der Waals surface area contributed by atoms with Crippen molar-refractivity contribution in [2.75, 3.05) is 36.4 Å². The molecule has 8 nitrogen and oxygen atoms in total. The summed E-state index contributed by atoms with van der Waals surface area (Å²) in [6, 6.07) is 15.3. The third-order valence-electron chi connectivity index (χ3n) is 6.73. The van der Waals surface area contributed by atoms with Crippen LogP contribution in [0.25, 0.3) is 0 Å². The normalized spacial score (nSPS) is 16.6. The zero-order valence-corrected chi connectivity index (χ0v) is 20.4. The zero-order chi connectivity index (χ0) is 26.7. The van der Waals surface area contributed by atoms with Gasteiger partial charge in [0.1, 0.15) is 11.9 Å². The maximum atomic E-state index is 13.0. The number of rotatable bonds is 6. The molecule has 0 spiro atoms. The van der Waals surface area contributed by atoms with E-state index in [1.807, 2.05) is 17.0 Å². The van der Waals surface area contributed by atoms with E-state index in [4.69, 9.17) is 4.74 Å². The third kappa shape index (κ3) is 5.87. The maximum Gasteiger partial charge on any atom is 0.416 e. The second kappa shape index (κ2) is 10.7. The summed E-state index contributed by atoms with van der Waals surface area (Å²) in [5.41, 5.74) is -0.139. The van der Waals surface area contributed by atoms with Crippen LogP contribution in [0.1, 0.15) is 28.8 Å². The molecule has 5 rings (SSSR count). The third-order valence-corrected chi connectivity index (χ3v) is 6.73. The number of alkyl halides is 3. The van der Waals surface area contributed by atoms with Crippen molar-refractivity contribution in [3.8, 4) is 5.75 Å². The van der Waals surface area contributed by atoms with Crippen LogP contribution in [-0.2, 0) is 11.0 Å². The number of nitrogens with one attached hydrogen (secondary N) is 1. The number of amides is 2. The van der Waals surface area contributed by atoms with E-state index in [2.05, 4.69) is 15.5 Å². The molecule has 2 fully saturated rings. The van der Waals surface area contributed by atoms with Crippen LogP contribution in [0.3, 0.4) is 0 Å². The molecule has 2 aliphatic rings. The van der Waals surface area contributed by atoms with Gasteiger partial charge in [-0.05, 0) is 54.6 Å². The first-order valence-corrected chi connectivity index (χ1v) is 12.3. The number of hydrogen-bond acceptors (Lipinski definition) is 6. The second-order valence-corrected chi connectivity index (χ2v) is 9.39. The number of nitrogens with zero attached hydrogens (tertiary/aromatic N) is 4. The van der Waals surface area contributed by atoms with Gasteiger partial charge in [-0.15, -0.1) is 5.10 Å². The minimum absolute atomic E-state index is 0.0279. The number of ether oxygens (including phenoxy) is 1. The summed E-state index contributed by atoms with van der Waals surface area (Å²) in [5.74, 6) is 0.793. The van der Waals surface area contributed by atoms with Gasteiger partial charge in [-0.25, -0.2) is 0 Å². The van der Waals surface area contributed by atoms with Crippen LogP contribution in [0.2, 0.25) is 0 Å². The Morgan fingerprint density at radius 3 is 2.37 bits per heavy atom. The number of hydrogen-bond donors (Lipinski definition) is 1. The highest BCUT2D eigenvalue weighted by Crippen LogP contribution is 2.30. The van der Waals surface area contributed by atoms with Crippen molar-refractivity contribution in [3.05, 3.63) is 78.0 Å². The smallest absolute Gasteiger partial charge is 0.416 e. The van der Waals surface area contributed by atoms with Gasteiger partial charge >= 0.3 is 6.18 Å². The molecule has 0 unspecified atom stereocenters. The number of halogens is 3. The number of carbonyl (C=O) groups is 2. The molecule has 11 heteroatoms. The van der Waals surface area contributed by atoms with E-state index >= 15 is 0 Å². The Hall–Kier alpha value is -4.15. The summed E-state index contributed by atoms with van der Waals surface area (Å²) in [6.45, 7) is 1.95. The van der Waals surface area contributed by atoms with Crippen LogP contribution in [0.15, 0.2) is 66.9 Å².